The molecule has 2 aliphatic rings. The first-order chi connectivity index (χ1) is 12.6. The minimum absolute atomic E-state index is 0. The van der Waals surface area contributed by atoms with Gasteiger partial charge in [0.25, 0.3) is 0 Å². The van der Waals surface area contributed by atoms with E-state index in [-0.39, 0.29) is 36.1 Å². The monoisotopic (exact) mass is 426 g/mol. The van der Waals surface area contributed by atoms with E-state index in [9.17, 15) is 4.79 Å². The van der Waals surface area contributed by atoms with Gasteiger partial charge in [0.2, 0.25) is 5.91 Å². The molecular weight excluding hydrogens is 395 g/mol. The third-order valence-electron chi connectivity index (χ3n) is 6.31. The minimum Gasteiger partial charge on any atom is -0.346 e. The summed E-state index contributed by atoms with van der Waals surface area (Å²) in [6, 6.07) is 8.42. The maximum absolute atomic E-state index is 13.2. The Balaban J connectivity index is 0.00000140. The first kappa shape index (κ1) is 23.0. The molecule has 2 heterocycles. The van der Waals surface area contributed by atoms with Crippen LogP contribution in [0.2, 0.25) is 0 Å². The van der Waals surface area contributed by atoms with Crippen LogP contribution < -0.4 is 10.6 Å². The molecule has 1 amide bonds. The highest BCUT2D eigenvalue weighted by Crippen LogP contribution is 2.44. The predicted molar refractivity (Wildman–Crippen MR) is 121 cm³/mol. The molecule has 0 bridgehead atoms. The van der Waals surface area contributed by atoms with Gasteiger partial charge in [0, 0.05) is 31.5 Å². The summed E-state index contributed by atoms with van der Waals surface area (Å²) in [5.74, 6) is 0.696. The van der Waals surface area contributed by atoms with Crippen molar-refractivity contribution in [3.63, 3.8) is 0 Å². The van der Waals surface area contributed by atoms with E-state index >= 15 is 0 Å². The van der Waals surface area contributed by atoms with E-state index in [1.165, 1.54) is 23.7 Å². The van der Waals surface area contributed by atoms with Crippen LogP contribution in [0.4, 0.5) is 5.69 Å². The standard InChI is InChI=1S/C21H30N4O.2ClH/c1-24(2)11-12-25-10-8-16-6-7-18(13-19(16)25)23-20(26)21-9-4-3-5-17(21)14-22-15-21;;/h6-8,10,13,17,22H,3-5,9,11-12,14-15H2,1-2H3,(H,23,26);2*1H/t17-,21+;;/m0../s1. The number of nitrogens with one attached hydrogen (secondary N) is 2. The van der Waals surface area contributed by atoms with Gasteiger partial charge >= 0.3 is 0 Å². The molecule has 0 spiro atoms. The van der Waals surface area contributed by atoms with Gasteiger partial charge in [-0.1, -0.05) is 18.9 Å². The van der Waals surface area contributed by atoms with Gasteiger partial charge in [0.05, 0.1) is 10.9 Å². The Morgan fingerprint density at radius 1 is 1.29 bits per heavy atom. The second-order valence-corrected chi connectivity index (χ2v) is 8.27. The van der Waals surface area contributed by atoms with Crippen molar-refractivity contribution in [2.75, 3.05) is 39.0 Å². The molecule has 0 radical (unpaired) electrons. The summed E-state index contributed by atoms with van der Waals surface area (Å²) in [6.07, 6.45) is 6.74. The molecule has 2 atom stereocenters. The highest BCUT2D eigenvalue weighted by atomic mass is 35.5. The number of fused-ring (bicyclic) bond motifs is 2. The molecule has 1 aliphatic carbocycles. The Labute approximate surface area is 180 Å². The molecule has 2 aromatic rings. The zero-order valence-corrected chi connectivity index (χ0v) is 18.4. The van der Waals surface area contributed by atoms with Crippen LogP contribution in [0, 0.1) is 11.3 Å². The van der Waals surface area contributed by atoms with E-state index in [1.54, 1.807) is 0 Å². The summed E-state index contributed by atoms with van der Waals surface area (Å²) < 4.78 is 2.27. The molecule has 5 nitrogen and oxygen atoms in total. The van der Waals surface area contributed by atoms with Crippen LogP contribution in [0.3, 0.4) is 0 Å². The van der Waals surface area contributed by atoms with Crippen molar-refractivity contribution in [3.8, 4) is 0 Å². The average molecular weight is 427 g/mol. The van der Waals surface area contributed by atoms with Gasteiger partial charge in [0.1, 0.15) is 0 Å². The van der Waals surface area contributed by atoms with Crippen molar-refractivity contribution in [1.29, 1.82) is 0 Å². The number of hydrogen-bond acceptors (Lipinski definition) is 3. The summed E-state index contributed by atoms with van der Waals surface area (Å²) in [7, 11) is 4.18. The number of aromatic nitrogens is 1. The van der Waals surface area contributed by atoms with Crippen molar-refractivity contribution in [3.05, 3.63) is 30.5 Å². The molecule has 2 N–H and O–H groups in total. The Morgan fingerprint density at radius 3 is 2.89 bits per heavy atom. The van der Waals surface area contributed by atoms with E-state index in [2.05, 4.69) is 58.6 Å². The Bertz CT molecular complexity index is 807. The second-order valence-electron chi connectivity index (χ2n) is 8.27. The number of likely N-dealkylation sites (N-methyl/N-ethyl adjacent to an activating group) is 1. The molecule has 0 unspecified atom stereocenters. The molecule has 1 saturated heterocycles. The fourth-order valence-corrected chi connectivity index (χ4v) is 4.71. The summed E-state index contributed by atoms with van der Waals surface area (Å²) in [5, 5.41) is 7.93. The van der Waals surface area contributed by atoms with Crippen LogP contribution in [0.15, 0.2) is 30.5 Å². The van der Waals surface area contributed by atoms with E-state index in [4.69, 9.17) is 0 Å². The maximum Gasteiger partial charge on any atom is 0.232 e. The number of carbonyl (C=O) groups is 1. The number of hydrogen-bond donors (Lipinski definition) is 2. The smallest absolute Gasteiger partial charge is 0.232 e. The topological polar surface area (TPSA) is 49.3 Å². The molecule has 4 rings (SSSR count). The number of amides is 1. The number of nitrogens with zero attached hydrogens (tertiary/aromatic N) is 2. The van der Waals surface area contributed by atoms with Gasteiger partial charge in [0.15, 0.2) is 0 Å². The highest BCUT2D eigenvalue weighted by molar-refractivity contribution is 5.98. The minimum atomic E-state index is -0.208. The van der Waals surface area contributed by atoms with Crippen molar-refractivity contribution < 1.29 is 4.79 Å². The SMILES string of the molecule is CN(C)CCn1ccc2ccc(NC(=O)[C@@]34CCCC[C@H]3CNC4)cc21.Cl.Cl. The van der Waals surface area contributed by atoms with Crippen LogP contribution in [0.5, 0.6) is 0 Å². The van der Waals surface area contributed by atoms with Gasteiger partial charge in [-0.2, -0.15) is 0 Å². The van der Waals surface area contributed by atoms with E-state index in [0.717, 1.165) is 44.7 Å². The summed E-state index contributed by atoms with van der Waals surface area (Å²) in [5.41, 5.74) is 1.89. The summed E-state index contributed by atoms with van der Waals surface area (Å²) >= 11 is 0. The van der Waals surface area contributed by atoms with Gasteiger partial charge < -0.3 is 20.1 Å². The van der Waals surface area contributed by atoms with Crippen LogP contribution >= 0.6 is 24.8 Å². The number of halogens is 2. The summed E-state index contributed by atoms with van der Waals surface area (Å²) in [6.45, 7) is 3.76. The van der Waals surface area contributed by atoms with Crippen LogP contribution in [0.1, 0.15) is 25.7 Å². The van der Waals surface area contributed by atoms with Gasteiger partial charge in [-0.15, -0.1) is 24.8 Å². The maximum atomic E-state index is 13.2. The Morgan fingerprint density at radius 2 is 2.11 bits per heavy atom. The molecule has 1 aromatic heterocycles. The molecule has 156 valence electrons. The predicted octanol–water partition coefficient (Wildman–Crippen LogP) is 3.76. The lowest BCUT2D eigenvalue weighted by atomic mass is 9.67. The third kappa shape index (κ3) is 4.33. The molecule has 7 heteroatoms. The first-order valence-electron chi connectivity index (χ1n) is 9.84. The van der Waals surface area contributed by atoms with E-state index in [0.29, 0.717) is 5.92 Å². The Hall–Kier alpha value is -1.27. The number of benzene rings is 1. The van der Waals surface area contributed by atoms with Gasteiger partial charge in [-0.25, -0.2) is 0 Å². The molecule has 1 aliphatic heterocycles. The number of anilines is 1. The molecule has 1 saturated carbocycles. The Kier molecular flexibility index (Phi) is 7.80. The van der Waals surface area contributed by atoms with Crippen molar-refractivity contribution >= 4 is 47.3 Å². The van der Waals surface area contributed by atoms with E-state index < -0.39 is 0 Å². The van der Waals surface area contributed by atoms with Crippen LogP contribution in [-0.4, -0.2) is 49.1 Å². The zero-order chi connectivity index (χ0) is 18.1. The van der Waals surface area contributed by atoms with Gasteiger partial charge in [-0.3, -0.25) is 4.79 Å². The molecule has 1 aromatic carbocycles. The number of rotatable bonds is 5. The lowest BCUT2D eigenvalue weighted by Gasteiger charge is -2.37. The van der Waals surface area contributed by atoms with Crippen molar-refractivity contribution in [2.45, 2.75) is 32.2 Å². The quantitative estimate of drug-likeness (QED) is 0.764. The molecule has 2 fully saturated rings. The first-order valence-corrected chi connectivity index (χ1v) is 9.84. The zero-order valence-electron chi connectivity index (χ0n) is 16.7. The van der Waals surface area contributed by atoms with Crippen LogP contribution in [-0.2, 0) is 11.3 Å². The fourth-order valence-electron chi connectivity index (χ4n) is 4.71. The van der Waals surface area contributed by atoms with Crippen LogP contribution in [0.25, 0.3) is 10.9 Å². The third-order valence-corrected chi connectivity index (χ3v) is 6.31. The van der Waals surface area contributed by atoms with Crippen molar-refractivity contribution in [1.82, 2.24) is 14.8 Å². The lowest BCUT2D eigenvalue weighted by molar-refractivity contribution is -0.128. The number of carbonyl (C=O) groups excluding carboxylic acids is 1. The van der Waals surface area contributed by atoms with E-state index in [1.807, 2.05) is 6.07 Å². The largest absolute Gasteiger partial charge is 0.346 e. The normalized spacial score (nSPS) is 23.8. The highest BCUT2D eigenvalue weighted by Gasteiger charge is 2.49. The fraction of sp³-hybridized carbons (Fsp3) is 0.571. The average Bonchev–Trinajstić information content (AvgIpc) is 3.24. The second kappa shape index (κ2) is 9.49. The summed E-state index contributed by atoms with van der Waals surface area (Å²) in [4.78, 5) is 15.4. The lowest BCUT2D eigenvalue weighted by Crippen LogP contribution is -2.44. The van der Waals surface area contributed by atoms with Gasteiger partial charge in [-0.05, 0) is 63.0 Å². The molecular formula is C21H32Cl2N4O. The van der Waals surface area contributed by atoms with Crippen molar-refractivity contribution in [2.24, 2.45) is 11.3 Å². The molecule has 28 heavy (non-hydrogen) atoms.